The number of thiazole rings is 3. The number of anilines is 6. The Morgan fingerprint density at radius 2 is 0.835 bits per heavy atom. The topological polar surface area (TPSA) is 284 Å². The lowest BCUT2D eigenvalue weighted by Gasteiger charge is -2.30. The fraction of sp³-hybridized carbons (Fsp3) is 0.492. The van der Waals surface area contributed by atoms with Crippen molar-refractivity contribution >= 4 is 100.0 Å². The van der Waals surface area contributed by atoms with Gasteiger partial charge in [0.1, 0.15) is 49.2 Å². The van der Waals surface area contributed by atoms with Gasteiger partial charge in [-0.3, -0.25) is 29.3 Å². The number of aliphatic hydroxyl groups is 1. The smallest absolute Gasteiger partial charge is 0.264 e. The Morgan fingerprint density at radius 3 is 1.20 bits per heavy atom. The zero-order chi connectivity index (χ0) is 61.5. The van der Waals surface area contributed by atoms with Gasteiger partial charge in [0, 0.05) is 82.6 Å². The van der Waals surface area contributed by atoms with Crippen LogP contribution in [0, 0.1) is 0 Å². The first kappa shape index (κ1) is 63.7. The van der Waals surface area contributed by atoms with Crippen LogP contribution in [0.25, 0.3) is 62.4 Å². The number of H-pyrrole nitrogens is 3. The maximum Gasteiger partial charge on any atom is 0.264 e. The molecule has 6 fully saturated rings. The number of nitrogens with zero attached hydrogens (tertiary/aromatic N) is 9. The molecule has 3 aromatic carbocycles. The van der Waals surface area contributed by atoms with Gasteiger partial charge in [0.15, 0.2) is 0 Å². The number of aromatic nitrogens is 9. The van der Waals surface area contributed by atoms with Crippen LogP contribution in [0.2, 0.25) is 0 Å². The van der Waals surface area contributed by atoms with Gasteiger partial charge in [0.25, 0.3) is 16.7 Å². The zero-order valence-corrected chi connectivity index (χ0v) is 53.3. The van der Waals surface area contributed by atoms with Crippen LogP contribution in [0.5, 0.6) is 0 Å². The SMILES string of the molecule is C.C[C@@H]1CC[C@@H](Nc2nc(N3CCOCC3)[nH]c(=O)c2-c2nc3ccccc3s2)CN1.C[C@H]1CC[C@@H](Nc2nc(N3CCCCC3)[nH]c(=O)c2-c2nc3ccccc3s2)CN1.O=c1[nH]c(N2CCOCC2)nc(N[C@@H]2CCC[C@@H](O)C2)c1-c1nc2ccccc2s1. The third-order valence-corrected chi connectivity index (χ3v) is 20.7. The van der Waals surface area contributed by atoms with Crippen LogP contribution < -0.4 is 58.0 Å². The second-order valence-electron chi connectivity index (χ2n) is 24.2. The molecule has 0 amide bonds. The van der Waals surface area contributed by atoms with Crippen molar-refractivity contribution in [2.75, 3.05) is 109 Å². The van der Waals surface area contributed by atoms with Crippen molar-refractivity contribution in [3.05, 3.63) is 104 Å². The highest BCUT2D eigenvalue weighted by molar-refractivity contribution is 7.22. The molecule has 6 atom stereocenters. The van der Waals surface area contributed by atoms with Crippen LogP contribution >= 0.6 is 34.0 Å². The highest BCUT2D eigenvalue weighted by Crippen LogP contribution is 2.37. The quantitative estimate of drug-likeness (QED) is 0.0551. The van der Waals surface area contributed by atoms with E-state index in [0.717, 1.165) is 120 Å². The summed E-state index contributed by atoms with van der Waals surface area (Å²) >= 11 is 4.55. The Bertz CT molecular complexity index is 3810. The van der Waals surface area contributed by atoms with Crippen molar-refractivity contribution in [1.29, 1.82) is 0 Å². The van der Waals surface area contributed by atoms with Crippen molar-refractivity contribution in [3.8, 4) is 31.7 Å². The molecule has 1 aliphatic carbocycles. The van der Waals surface area contributed by atoms with Crippen LogP contribution in [-0.4, -0.2) is 165 Å². The molecule has 91 heavy (non-hydrogen) atoms. The maximum atomic E-state index is 13.3. The number of rotatable bonds is 12. The molecule has 0 spiro atoms. The highest BCUT2D eigenvalue weighted by Gasteiger charge is 2.29. The average Bonchev–Trinajstić information content (AvgIpc) is 1.81. The molecule has 26 heteroatoms. The largest absolute Gasteiger partial charge is 0.393 e. The van der Waals surface area contributed by atoms with E-state index in [1.54, 1.807) is 11.3 Å². The third kappa shape index (κ3) is 15.2. The predicted molar refractivity (Wildman–Crippen MR) is 369 cm³/mol. The van der Waals surface area contributed by atoms with E-state index < -0.39 is 0 Å². The van der Waals surface area contributed by atoms with Crippen LogP contribution in [0.4, 0.5) is 35.3 Å². The number of piperidine rings is 3. The van der Waals surface area contributed by atoms with Gasteiger partial charge in [0.2, 0.25) is 17.8 Å². The first-order valence-corrected chi connectivity index (χ1v) is 34.3. The van der Waals surface area contributed by atoms with Gasteiger partial charge in [0.05, 0.1) is 63.2 Å². The molecular formula is C65H83N17O6S3. The molecule has 6 aliphatic rings. The minimum Gasteiger partial charge on any atom is -0.393 e. The van der Waals surface area contributed by atoms with E-state index in [1.165, 1.54) is 29.1 Å². The lowest BCUT2D eigenvalue weighted by Crippen LogP contribution is -2.44. The number of nitrogens with one attached hydrogen (secondary N) is 8. The van der Waals surface area contributed by atoms with E-state index in [4.69, 9.17) is 39.4 Å². The number of benzene rings is 3. The minimum atomic E-state index is -0.317. The standard InChI is InChI=1S/C22H28N6OS.C21H26N6O2S.C21H25N5O3S.CH4/c1-14-9-10-15(13-23-14)24-19-18(21-25-16-7-3-4-8-17(16)30-21)20(29)27-22(26-19)28-11-5-2-6-12-28;1-13-6-7-14(12-22-13)23-18-17(20-24-15-4-2-3-5-16(15)30-20)19(28)26-21(25-18)27-8-10-29-11-9-27;27-14-5-3-4-13(12-14)22-18-17(20-23-15-6-1-2-7-16(15)30-20)19(28)25-21(24-18)26-8-10-29-11-9-26;/h3-4,7-8,14-15,23H,2,5-6,9-13H2,1H3,(H2,24,26,27,29);2-5,13-14,22H,6-12H2,1H3,(H2,23,25,26,28);1-2,6-7,13-14,27H,3-5,8-12H2,(H2,22,24,25,28);1H4/t14-,15+;2*13-,14-;/m011./s1. The van der Waals surface area contributed by atoms with Gasteiger partial charge in [-0.15, -0.1) is 34.0 Å². The normalized spacial score (nSPS) is 22.1. The molecule has 6 aromatic heterocycles. The summed E-state index contributed by atoms with van der Waals surface area (Å²) in [7, 11) is 0. The van der Waals surface area contributed by atoms with Gasteiger partial charge in [-0.1, -0.05) is 43.8 Å². The summed E-state index contributed by atoms with van der Waals surface area (Å²) in [6, 6.07) is 25.4. The van der Waals surface area contributed by atoms with Crippen molar-refractivity contribution < 1.29 is 14.6 Å². The molecule has 11 heterocycles. The molecule has 15 rings (SSSR count). The Kier molecular flexibility index (Phi) is 20.6. The lowest BCUT2D eigenvalue weighted by atomic mass is 9.93. The maximum absolute atomic E-state index is 13.3. The fourth-order valence-electron chi connectivity index (χ4n) is 12.5. The Balaban J connectivity index is 0.000000131. The van der Waals surface area contributed by atoms with Gasteiger partial charge in [-0.05, 0) is 121 Å². The number of fused-ring (bicyclic) bond motifs is 3. The first-order valence-electron chi connectivity index (χ1n) is 31.9. The van der Waals surface area contributed by atoms with Crippen molar-refractivity contribution in [2.45, 2.75) is 128 Å². The van der Waals surface area contributed by atoms with E-state index in [0.29, 0.717) is 133 Å². The molecule has 482 valence electrons. The minimum absolute atomic E-state index is 0. The number of hydrogen-bond acceptors (Lipinski definition) is 23. The number of para-hydroxylation sites is 3. The van der Waals surface area contributed by atoms with E-state index in [1.807, 2.05) is 77.7 Å². The molecule has 0 radical (unpaired) electrons. The lowest BCUT2D eigenvalue weighted by molar-refractivity contribution is 0.122. The number of morpholine rings is 2. The second kappa shape index (κ2) is 29.5. The summed E-state index contributed by atoms with van der Waals surface area (Å²) in [5.41, 5.74) is 3.73. The highest BCUT2D eigenvalue weighted by atomic mass is 32.1. The number of hydrogen-bond donors (Lipinski definition) is 9. The Labute approximate surface area is 540 Å². The molecule has 1 saturated carbocycles. The molecule has 23 nitrogen and oxygen atoms in total. The summed E-state index contributed by atoms with van der Waals surface area (Å²) in [4.78, 5) is 83.7. The van der Waals surface area contributed by atoms with Crippen LogP contribution in [0.15, 0.2) is 87.2 Å². The van der Waals surface area contributed by atoms with Gasteiger partial charge in [-0.2, -0.15) is 15.0 Å². The fourth-order valence-corrected chi connectivity index (χ4v) is 15.5. The molecule has 0 bridgehead atoms. The van der Waals surface area contributed by atoms with Gasteiger partial charge < -0.3 is 55.9 Å². The second-order valence-corrected chi connectivity index (χ2v) is 27.3. The van der Waals surface area contributed by atoms with E-state index in [9.17, 15) is 19.5 Å². The average molecular weight is 1290 g/mol. The molecule has 5 aliphatic heterocycles. The Morgan fingerprint density at radius 1 is 0.462 bits per heavy atom. The van der Waals surface area contributed by atoms with E-state index in [-0.39, 0.29) is 48.3 Å². The van der Waals surface area contributed by atoms with Crippen molar-refractivity contribution in [1.82, 2.24) is 55.5 Å². The van der Waals surface area contributed by atoms with Crippen molar-refractivity contribution in [2.24, 2.45) is 0 Å². The molecule has 9 N–H and O–H groups in total. The Hall–Kier alpha value is -7.43. The number of ether oxygens (including phenoxy) is 2. The van der Waals surface area contributed by atoms with Gasteiger partial charge in [-0.25, -0.2) is 15.0 Å². The third-order valence-electron chi connectivity index (χ3n) is 17.5. The summed E-state index contributed by atoms with van der Waals surface area (Å²) in [5.74, 6) is 3.61. The number of aliphatic hydroxyl groups excluding tert-OH is 1. The zero-order valence-electron chi connectivity index (χ0n) is 50.9. The van der Waals surface area contributed by atoms with Crippen LogP contribution in [-0.2, 0) is 9.47 Å². The predicted octanol–water partition coefficient (Wildman–Crippen LogP) is 9.26. The summed E-state index contributed by atoms with van der Waals surface area (Å²) < 4.78 is 14.0. The summed E-state index contributed by atoms with van der Waals surface area (Å²) in [6.07, 6.45) is 10.9. The van der Waals surface area contributed by atoms with Crippen LogP contribution in [0.1, 0.15) is 91.9 Å². The van der Waals surface area contributed by atoms with E-state index >= 15 is 0 Å². The molecule has 5 saturated heterocycles. The molecular weight excluding hydrogens is 1210 g/mol. The number of aromatic amines is 3. The monoisotopic (exact) mass is 1290 g/mol. The van der Waals surface area contributed by atoms with Gasteiger partial charge >= 0.3 is 0 Å². The van der Waals surface area contributed by atoms with Crippen molar-refractivity contribution in [3.63, 3.8) is 0 Å². The summed E-state index contributed by atoms with van der Waals surface area (Å²) in [5, 5.41) is 29.8. The first-order chi connectivity index (χ1) is 44.0. The molecule has 9 aromatic rings. The molecule has 0 unspecified atom stereocenters. The van der Waals surface area contributed by atoms with Crippen LogP contribution in [0.3, 0.4) is 0 Å². The van der Waals surface area contributed by atoms with E-state index in [2.05, 4.69) is 65.2 Å². The summed E-state index contributed by atoms with van der Waals surface area (Å²) in [6.45, 7) is 13.3.